The summed E-state index contributed by atoms with van der Waals surface area (Å²) in [6.07, 6.45) is -0.382. The summed E-state index contributed by atoms with van der Waals surface area (Å²) in [6.45, 7) is 8.29. The van der Waals surface area contributed by atoms with E-state index in [9.17, 15) is 9.59 Å². The van der Waals surface area contributed by atoms with Crippen LogP contribution in [0.5, 0.6) is 0 Å². The maximum absolute atomic E-state index is 12.3. The average molecular weight is 317 g/mol. The third-order valence-electron chi connectivity index (χ3n) is 4.72. The highest BCUT2D eigenvalue weighted by Crippen LogP contribution is 2.23. The average Bonchev–Trinajstić information content (AvgIpc) is 2.95. The second-order valence-corrected chi connectivity index (χ2v) is 6.12. The number of anilines is 1. The van der Waals surface area contributed by atoms with Gasteiger partial charge >= 0.3 is 6.09 Å². The van der Waals surface area contributed by atoms with Crippen LogP contribution >= 0.6 is 0 Å². The Hall–Kier alpha value is -2.24. The number of rotatable bonds is 3. The van der Waals surface area contributed by atoms with Crippen LogP contribution in [0.1, 0.15) is 11.1 Å². The van der Waals surface area contributed by atoms with Crippen molar-refractivity contribution in [2.45, 2.75) is 13.8 Å². The van der Waals surface area contributed by atoms with Gasteiger partial charge < -0.3 is 14.5 Å². The summed E-state index contributed by atoms with van der Waals surface area (Å²) in [5, 5.41) is 0. The van der Waals surface area contributed by atoms with Gasteiger partial charge in [0, 0.05) is 31.9 Å². The normalized spacial score (nSPS) is 18.3. The van der Waals surface area contributed by atoms with E-state index in [1.807, 2.05) is 4.90 Å². The predicted octanol–water partition coefficient (Wildman–Crippen LogP) is 1.40. The molecule has 0 saturated carbocycles. The fraction of sp³-hybridized carbons (Fsp3) is 0.529. The molecule has 0 N–H and O–H groups in total. The van der Waals surface area contributed by atoms with Crippen molar-refractivity contribution in [2.24, 2.45) is 0 Å². The van der Waals surface area contributed by atoms with Crippen LogP contribution in [-0.4, -0.2) is 67.7 Å². The number of hydrogen-bond acceptors (Lipinski definition) is 4. The summed E-state index contributed by atoms with van der Waals surface area (Å²) in [6, 6.07) is 6.34. The quantitative estimate of drug-likeness (QED) is 0.846. The largest absolute Gasteiger partial charge is 0.448 e. The van der Waals surface area contributed by atoms with Crippen molar-refractivity contribution in [3.8, 4) is 0 Å². The molecule has 0 aromatic heterocycles. The van der Waals surface area contributed by atoms with Gasteiger partial charge in [0.2, 0.25) is 5.91 Å². The van der Waals surface area contributed by atoms with Crippen molar-refractivity contribution in [1.29, 1.82) is 0 Å². The lowest BCUT2D eigenvalue weighted by Crippen LogP contribution is -2.51. The molecule has 0 spiro atoms. The fourth-order valence-electron chi connectivity index (χ4n) is 3.11. The molecule has 6 heteroatoms. The van der Waals surface area contributed by atoms with Gasteiger partial charge in [0.1, 0.15) is 13.2 Å². The van der Waals surface area contributed by atoms with Crippen molar-refractivity contribution in [1.82, 2.24) is 9.80 Å². The topological polar surface area (TPSA) is 53.1 Å². The van der Waals surface area contributed by atoms with E-state index in [0.29, 0.717) is 26.2 Å². The van der Waals surface area contributed by atoms with Gasteiger partial charge in [-0.2, -0.15) is 0 Å². The van der Waals surface area contributed by atoms with E-state index in [-0.39, 0.29) is 18.5 Å². The fourth-order valence-corrected chi connectivity index (χ4v) is 3.11. The first-order chi connectivity index (χ1) is 11.1. The first kappa shape index (κ1) is 15.6. The Kier molecular flexibility index (Phi) is 4.41. The lowest BCUT2D eigenvalue weighted by Gasteiger charge is -2.37. The molecule has 1 aromatic carbocycles. The van der Waals surface area contributed by atoms with E-state index in [4.69, 9.17) is 4.74 Å². The minimum Gasteiger partial charge on any atom is -0.448 e. The molecule has 2 aliphatic heterocycles. The Bertz CT molecular complexity index is 609. The van der Waals surface area contributed by atoms with Gasteiger partial charge in [-0.15, -0.1) is 0 Å². The second kappa shape index (κ2) is 6.48. The Morgan fingerprint density at radius 1 is 1.13 bits per heavy atom. The molecule has 124 valence electrons. The van der Waals surface area contributed by atoms with E-state index < -0.39 is 0 Å². The number of aryl methyl sites for hydroxylation is 1. The zero-order valence-corrected chi connectivity index (χ0v) is 13.7. The summed E-state index contributed by atoms with van der Waals surface area (Å²) < 4.78 is 4.86. The molecule has 0 atom stereocenters. The van der Waals surface area contributed by atoms with Crippen molar-refractivity contribution >= 4 is 17.7 Å². The molecule has 3 rings (SSSR count). The first-order valence-corrected chi connectivity index (χ1v) is 8.07. The first-order valence-electron chi connectivity index (χ1n) is 8.07. The molecule has 2 amide bonds. The Morgan fingerprint density at radius 3 is 2.52 bits per heavy atom. The zero-order valence-electron chi connectivity index (χ0n) is 13.7. The maximum atomic E-state index is 12.3. The lowest BCUT2D eigenvalue weighted by atomic mass is 10.1. The molecule has 2 saturated heterocycles. The van der Waals surface area contributed by atoms with E-state index >= 15 is 0 Å². The molecule has 0 radical (unpaired) electrons. The highest BCUT2D eigenvalue weighted by atomic mass is 16.6. The van der Waals surface area contributed by atoms with Crippen LogP contribution in [0.25, 0.3) is 0 Å². The standard InChI is InChI=1S/C17H23N3O3/c1-13-4-3-5-15(14(13)2)18-6-8-19(9-7-18)16(21)12-20-10-11-23-17(20)22/h3-5H,6-12H2,1-2H3. The molecule has 23 heavy (non-hydrogen) atoms. The predicted molar refractivity (Wildman–Crippen MR) is 87.6 cm³/mol. The van der Waals surface area contributed by atoms with Crippen LogP contribution in [-0.2, 0) is 9.53 Å². The van der Waals surface area contributed by atoms with Gasteiger partial charge in [0.25, 0.3) is 0 Å². The number of hydrogen-bond donors (Lipinski definition) is 0. The summed E-state index contributed by atoms with van der Waals surface area (Å²) in [4.78, 5) is 29.4. The van der Waals surface area contributed by atoms with Crippen LogP contribution in [0.2, 0.25) is 0 Å². The van der Waals surface area contributed by atoms with E-state index in [1.165, 1.54) is 21.7 Å². The smallest absolute Gasteiger partial charge is 0.410 e. The molecule has 0 unspecified atom stereocenters. The lowest BCUT2D eigenvalue weighted by molar-refractivity contribution is -0.132. The van der Waals surface area contributed by atoms with Crippen LogP contribution in [0.4, 0.5) is 10.5 Å². The van der Waals surface area contributed by atoms with Crippen LogP contribution in [0.3, 0.4) is 0 Å². The van der Waals surface area contributed by atoms with Crippen molar-refractivity contribution in [3.63, 3.8) is 0 Å². The number of carbonyl (C=O) groups excluding carboxylic acids is 2. The Morgan fingerprint density at radius 2 is 1.87 bits per heavy atom. The Balaban J connectivity index is 1.56. The van der Waals surface area contributed by atoms with Crippen molar-refractivity contribution in [2.75, 3.05) is 50.8 Å². The molecular weight excluding hydrogens is 294 g/mol. The van der Waals surface area contributed by atoms with Crippen molar-refractivity contribution in [3.05, 3.63) is 29.3 Å². The van der Waals surface area contributed by atoms with E-state index in [1.54, 1.807) is 0 Å². The molecular formula is C17H23N3O3. The third kappa shape index (κ3) is 3.25. The second-order valence-electron chi connectivity index (χ2n) is 6.12. The van der Waals surface area contributed by atoms with E-state index in [0.717, 1.165) is 13.1 Å². The molecule has 1 aromatic rings. The molecule has 2 heterocycles. The summed E-state index contributed by atoms with van der Waals surface area (Å²) in [5.74, 6) is 0.00413. The van der Waals surface area contributed by atoms with Crippen LogP contribution in [0.15, 0.2) is 18.2 Å². The van der Waals surface area contributed by atoms with Gasteiger partial charge in [-0.1, -0.05) is 12.1 Å². The van der Waals surface area contributed by atoms with Gasteiger partial charge in [0.05, 0.1) is 6.54 Å². The minimum atomic E-state index is -0.382. The number of cyclic esters (lactones) is 1. The zero-order chi connectivity index (χ0) is 16.4. The minimum absolute atomic E-state index is 0.00413. The summed E-state index contributed by atoms with van der Waals surface area (Å²) in [5.41, 5.74) is 3.83. The van der Waals surface area contributed by atoms with Gasteiger partial charge in [-0.05, 0) is 31.0 Å². The number of nitrogens with zero attached hydrogens (tertiary/aromatic N) is 3. The molecule has 2 aliphatic rings. The van der Waals surface area contributed by atoms with E-state index in [2.05, 4.69) is 36.9 Å². The highest BCUT2D eigenvalue weighted by molar-refractivity contribution is 5.83. The summed E-state index contributed by atoms with van der Waals surface area (Å²) >= 11 is 0. The number of piperazine rings is 1. The summed E-state index contributed by atoms with van der Waals surface area (Å²) in [7, 11) is 0. The van der Waals surface area contributed by atoms with Gasteiger partial charge in [-0.25, -0.2) is 4.79 Å². The highest BCUT2D eigenvalue weighted by Gasteiger charge is 2.28. The maximum Gasteiger partial charge on any atom is 0.410 e. The molecule has 0 bridgehead atoms. The number of amides is 2. The van der Waals surface area contributed by atoms with Gasteiger partial charge in [0.15, 0.2) is 0 Å². The monoisotopic (exact) mass is 317 g/mol. The number of ether oxygens (including phenoxy) is 1. The van der Waals surface area contributed by atoms with Crippen molar-refractivity contribution < 1.29 is 14.3 Å². The van der Waals surface area contributed by atoms with Crippen LogP contribution in [0, 0.1) is 13.8 Å². The third-order valence-corrected chi connectivity index (χ3v) is 4.72. The molecule has 0 aliphatic carbocycles. The molecule has 2 fully saturated rings. The number of benzene rings is 1. The Labute approximate surface area is 136 Å². The SMILES string of the molecule is Cc1cccc(N2CCN(C(=O)CN3CCOC3=O)CC2)c1C. The van der Waals surface area contributed by atoms with Gasteiger partial charge in [-0.3, -0.25) is 9.69 Å². The molecule has 6 nitrogen and oxygen atoms in total. The number of carbonyl (C=O) groups is 2. The van der Waals surface area contributed by atoms with Crippen LogP contribution < -0.4 is 4.90 Å².